The quantitative estimate of drug-likeness (QED) is 0.132. The van der Waals surface area contributed by atoms with E-state index in [1.54, 1.807) is 55.4 Å². The molecular formula is C28H50O10Ti. The van der Waals surface area contributed by atoms with Crippen LogP contribution in [0, 0.1) is 11.8 Å². The Kier molecular flexibility index (Phi) is 21.5. The van der Waals surface area contributed by atoms with Crippen molar-refractivity contribution >= 4 is 23.5 Å². The second kappa shape index (κ2) is 19.8. The van der Waals surface area contributed by atoms with E-state index in [2.05, 4.69) is 0 Å². The van der Waals surface area contributed by atoms with Crippen molar-refractivity contribution in [2.45, 2.75) is 145 Å². The Labute approximate surface area is 249 Å². The van der Waals surface area contributed by atoms with Crippen LogP contribution in [0.2, 0.25) is 0 Å². The molecule has 0 fully saturated rings. The molecule has 0 aromatic heterocycles. The Bertz CT molecular complexity index is 659. The van der Waals surface area contributed by atoms with Gasteiger partial charge in [-0.3, -0.25) is 9.59 Å². The molecule has 0 aliphatic rings. The van der Waals surface area contributed by atoms with E-state index in [9.17, 15) is 29.4 Å². The van der Waals surface area contributed by atoms with Crippen LogP contribution in [0.4, 0.5) is 0 Å². The number of carboxylic acid groups (broad SMARTS) is 2. The maximum atomic E-state index is 12.5. The van der Waals surface area contributed by atoms with E-state index in [4.69, 9.17) is 18.9 Å². The molecule has 0 rings (SSSR count). The maximum absolute atomic E-state index is 12.5. The summed E-state index contributed by atoms with van der Waals surface area (Å²) < 4.78 is 21.3. The van der Waals surface area contributed by atoms with Crippen LogP contribution in [0.5, 0.6) is 0 Å². The molecule has 0 bridgehead atoms. The Balaban J connectivity index is -0.000000648. The number of hydrogen-bond donors (Lipinski definition) is 0. The number of aliphatic carboxylic acids is 2. The monoisotopic (exact) mass is 594 g/mol. The van der Waals surface area contributed by atoms with Gasteiger partial charge in [-0.15, -0.1) is 0 Å². The van der Waals surface area contributed by atoms with Crippen LogP contribution in [0.15, 0.2) is 0 Å². The fraction of sp³-hybridized carbons (Fsp3) is 0.857. The zero-order valence-electron chi connectivity index (χ0n) is 25.9. The second-order valence-corrected chi connectivity index (χ2v) is 10.2. The number of Topliss-reactive ketones (excluding diaryl/α,β-unsaturated/α-hetero) is 2. The molecular weight excluding hydrogens is 544 g/mol. The topological polar surface area (TPSA) is 151 Å². The van der Waals surface area contributed by atoms with Gasteiger partial charge in [0.1, 0.15) is 11.9 Å². The molecule has 0 saturated heterocycles. The normalized spacial score (nSPS) is 12.2. The molecule has 226 valence electrons. The van der Waals surface area contributed by atoms with Gasteiger partial charge in [0.15, 0.2) is 0 Å². The fourth-order valence-corrected chi connectivity index (χ4v) is 3.87. The Morgan fingerprint density at radius 2 is 0.692 bits per heavy atom. The molecule has 0 saturated carbocycles. The van der Waals surface area contributed by atoms with Gasteiger partial charge >= 0.3 is 21.7 Å². The fourth-order valence-electron chi connectivity index (χ4n) is 3.87. The molecule has 0 spiro atoms. The Morgan fingerprint density at radius 1 is 0.513 bits per heavy atom. The minimum absolute atomic E-state index is 0. The van der Waals surface area contributed by atoms with E-state index in [0.29, 0.717) is 25.7 Å². The van der Waals surface area contributed by atoms with E-state index in [-0.39, 0.29) is 21.7 Å². The number of ketones is 2. The summed E-state index contributed by atoms with van der Waals surface area (Å²) in [5, 5.41) is 23.0. The van der Waals surface area contributed by atoms with Gasteiger partial charge in [0.05, 0.1) is 24.4 Å². The van der Waals surface area contributed by atoms with E-state index in [0.717, 1.165) is 0 Å². The van der Waals surface area contributed by atoms with Crippen molar-refractivity contribution in [3.05, 3.63) is 0 Å². The first kappa shape index (κ1) is 42.3. The molecule has 0 unspecified atom stereocenters. The zero-order valence-corrected chi connectivity index (χ0v) is 27.4. The minimum Gasteiger partial charge on any atom is -0.544 e. The molecule has 11 heteroatoms. The summed E-state index contributed by atoms with van der Waals surface area (Å²) in [6.07, 6.45) is 0.288. The van der Waals surface area contributed by atoms with Crippen molar-refractivity contribution in [1.29, 1.82) is 0 Å². The molecule has 0 heterocycles. The Hall–Kier alpha value is -1.17. The molecule has 39 heavy (non-hydrogen) atoms. The van der Waals surface area contributed by atoms with Crippen molar-refractivity contribution < 1.29 is 70.1 Å². The number of rotatable bonds is 18. The van der Waals surface area contributed by atoms with E-state index < -0.39 is 71.3 Å². The van der Waals surface area contributed by atoms with Crippen molar-refractivity contribution in [3.63, 3.8) is 0 Å². The summed E-state index contributed by atoms with van der Waals surface area (Å²) >= 11 is 0. The molecule has 10 nitrogen and oxygen atoms in total. The van der Waals surface area contributed by atoms with Gasteiger partial charge in [-0.2, -0.15) is 0 Å². The van der Waals surface area contributed by atoms with E-state index in [1.807, 2.05) is 27.7 Å². The summed E-state index contributed by atoms with van der Waals surface area (Å²) in [5.74, 6) is -9.86. The molecule has 0 aromatic carbocycles. The number of hydrogen-bond acceptors (Lipinski definition) is 10. The van der Waals surface area contributed by atoms with Gasteiger partial charge in [-0.1, -0.05) is 27.7 Å². The number of carbonyl (C=O) groups excluding carboxylic acids is 4. The first-order valence-corrected chi connectivity index (χ1v) is 13.6. The zero-order chi connectivity index (χ0) is 30.4. The van der Waals surface area contributed by atoms with Gasteiger partial charge in [0.2, 0.25) is 11.6 Å². The van der Waals surface area contributed by atoms with Crippen molar-refractivity contribution in [2.75, 3.05) is 0 Å². The third-order valence-electron chi connectivity index (χ3n) is 5.51. The summed E-state index contributed by atoms with van der Waals surface area (Å²) in [6, 6.07) is 0. The van der Waals surface area contributed by atoms with Crippen LogP contribution in [-0.4, -0.2) is 59.5 Å². The molecule has 0 N–H and O–H groups in total. The SMILES string of the molecule is CCC(CC)C(=O)C(OC(C)C)(OC(C)C)C(=O)[O-].CCC(CC)C(=O)C(OC(C)C)(OC(C)C)C(=O)[O-].[Ti+2]. The molecule has 0 amide bonds. The molecule has 0 aliphatic carbocycles. The first-order valence-electron chi connectivity index (χ1n) is 13.6. The summed E-state index contributed by atoms with van der Waals surface area (Å²) in [6.45, 7) is 20.6. The average molecular weight is 595 g/mol. The predicted octanol–water partition coefficient (Wildman–Crippen LogP) is 2.57. The van der Waals surface area contributed by atoms with Gasteiger partial charge in [-0.25, -0.2) is 0 Å². The summed E-state index contributed by atoms with van der Waals surface area (Å²) in [5.41, 5.74) is 0. The van der Waals surface area contributed by atoms with E-state index >= 15 is 0 Å². The Morgan fingerprint density at radius 3 is 0.795 bits per heavy atom. The number of carboxylic acids is 2. The maximum Gasteiger partial charge on any atom is 2.00 e. The smallest absolute Gasteiger partial charge is 0.544 e. The summed E-state index contributed by atoms with van der Waals surface area (Å²) in [7, 11) is 0. The third kappa shape index (κ3) is 12.9. The average Bonchev–Trinajstić information content (AvgIpc) is 2.78. The van der Waals surface area contributed by atoms with Crippen molar-refractivity contribution in [1.82, 2.24) is 0 Å². The van der Waals surface area contributed by atoms with Gasteiger partial charge in [0, 0.05) is 11.8 Å². The van der Waals surface area contributed by atoms with Crippen molar-refractivity contribution in [3.8, 4) is 0 Å². The first-order chi connectivity index (χ1) is 17.4. The van der Waals surface area contributed by atoms with Crippen LogP contribution in [0.3, 0.4) is 0 Å². The van der Waals surface area contributed by atoms with Crippen LogP contribution >= 0.6 is 0 Å². The number of ether oxygens (including phenoxy) is 4. The molecule has 0 radical (unpaired) electrons. The second-order valence-electron chi connectivity index (χ2n) is 10.2. The third-order valence-corrected chi connectivity index (χ3v) is 5.51. The van der Waals surface area contributed by atoms with Crippen LogP contribution in [0.1, 0.15) is 109 Å². The van der Waals surface area contributed by atoms with Gasteiger partial charge in [-0.05, 0) is 81.1 Å². The molecule has 0 aromatic rings. The van der Waals surface area contributed by atoms with Crippen LogP contribution in [0.25, 0.3) is 0 Å². The number of carbonyl (C=O) groups is 4. The van der Waals surface area contributed by atoms with Crippen molar-refractivity contribution in [2.24, 2.45) is 11.8 Å². The van der Waals surface area contributed by atoms with Crippen LogP contribution in [-0.2, 0) is 59.8 Å². The standard InChI is InChI=1S/2C14H26O5.Ti/c2*1-7-11(8-2)12(15)14(13(16)17,18-9(3)4)19-10(5)6;/h2*9-11H,7-8H2,1-6H3,(H,16,17);/q;;+2/p-2. The molecule has 0 atom stereocenters. The largest absolute Gasteiger partial charge is 2.00 e. The molecule has 0 aliphatic heterocycles. The van der Waals surface area contributed by atoms with E-state index in [1.165, 1.54) is 0 Å². The van der Waals surface area contributed by atoms with Gasteiger partial charge in [0.25, 0.3) is 11.6 Å². The van der Waals surface area contributed by atoms with Crippen LogP contribution < -0.4 is 10.2 Å². The predicted molar refractivity (Wildman–Crippen MR) is 139 cm³/mol. The van der Waals surface area contributed by atoms with Gasteiger partial charge < -0.3 is 38.7 Å². The minimum atomic E-state index is -2.31. The summed E-state index contributed by atoms with van der Waals surface area (Å²) in [4.78, 5) is 47.9.